The van der Waals surface area contributed by atoms with E-state index in [0.717, 1.165) is 37.3 Å². The van der Waals surface area contributed by atoms with Gasteiger partial charge in [-0.2, -0.15) is 0 Å². The highest BCUT2D eigenvalue weighted by Crippen LogP contribution is 2.36. The van der Waals surface area contributed by atoms with Gasteiger partial charge in [-0.1, -0.05) is 6.07 Å². The average Bonchev–Trinajstić information content (AvgIpc) is 3.05. The van der Waals surface area contributed by atoms with E-state index in [1.807, 2.05) is 6.07 Å². The molecule has 0 saturated heterocycles. The van der Waals surface area contributed by atoms with Gasteiger partial charge in [0.1, 0.15) is 5.75 Å². The molecule has 0 spiro atoms. The second-order valence-corrected chi connectivity index (χ2v) is 5.61. The quantitative estimate of drug-likeness (QED) is 0.820. The Balaban J connectivity index is 1.59. The monoisotopic (exact) mass is 266 g/mol. The van der Waals surface area contributed by atoms with Crippen molar-refractivity contribution in [2.24, 2.45) is 0 Å². The van der Waals surface area contributed by atoms with Crippen LogP contribution in [-0.4, -0.2) is 6.61 Å². The molecule has 0 bridgehead atoms. The second-order valence-electron chi connectivity index (χ2n) is 5.61. The molecular weight excluding hydrogens is 248 g/mol. The SMILES string of the molecule is Nc1ccc2c(c1)CCC2Nc1ccc2c(c1)CCO2. The molecule has 3 N–H and O–H groups in total. The standard InChI is InChI=1S/C17H18N2O/c18-13-2-4-15-11(9-13)1-5-16(15)19-14-3-6-17-12(10-14)7-8-20-17/h2-4,6,9-10,16,19H,1,5,7-8,18H2. The van der Waals surface area contributed by atoms with Gasteiger partial charge in [0.05, 0.1) is 12.6 Å². The fraction of sp³-hybridized carbons (Fsp3) is 0.294. The Labute approximate surface area is 118 Å². The van der Waals surface area contributed by atoms with Gasteiger partial charge < -0.3 is 15.8 Å². The first kappa shape index (κ1) is 11.6. The number of nitrogen functional groups attached to an aromatic ring is 1. The van der Waals surface area contributed by atoms with Crippen LogP contribution in [0.25, 0.3) is 0 Å². The third-order valence-corrected chi connectivity index (χ3v) is 4.28. The highest BCUT2D eigenvalue weighted by molar-refractivity contribution is 5.56. The number of nitrogens with two attached hydrogens (primary N) is 1. The summed E-state index contributed by atoms with van der Waals surface area (Å²) in [6.07, 6.45) is 3.25. The molecule has 1 heterocycles. The molecule has 1 unspecified atom stereocenters. The molecule has 4 rings (SSSR count). The smallest absolute Gasteiger partial charge is 0.122 e. The number of hydrogen-bond acceptors (Lipinski definition) is 3. The van der Waals surface area contributed by atoms with Crippen molar-refractivity contribution in [3.63, 3.8) is 0 Å². The van der Waals surface area contributed by atoms with Gasteiger partial charge in [-0.3, -0.25) is 0 Å². The Kier molecular flexibility index (Phi) is 2.59. The van der Waals surface area contributed by atoms with E-state index in [2.05, 4.69) is 35.6 Å². The Bertz CT molecular complexity index is 666. The molecule has 1 aliphatic carbocycles. The van der Waals surface area contributed by atoms with Gasteiger partial charge in [-0.05, 0) is 59.9 Å². The van der Waals surface area contributed by atoms with Crippen LogP contribution in [0.3, 0.4) is 0 Å². The lowest BCUT2D eigenvalue weighted by molar-refractivity contribution is 0.357. The number of aryl methyl sites for hydroxylation is 1. The van der Waals surface area contributed by atoms with Crippen molar-refractivity contribution in [2.45, 2.75) is 25.3 Å². The third kappa shape index (κ3) is 1.90. The molecule has 3 nitrogen and oxygen atoms in total. The Hall–Kier alpha value is -2.16. The molecule has 0 radical (unpaired) electrons. The number of fused-ring (bicyclic) bond motifs is 2. The Morgan fingerprint density at radius 3 is 2.95 bits per heavy atom. The zero-order valence-corrected chi connectivity index (χ0v) is 11.4. The van der Waals surface area contributed by atoms with E-state index in [9.17, 15) is 0 Å². The summed E-state index contributed by atoms with van der Waals surface area (Å²) in [5.41, 5.74) is 12.0. The first-order chi connectivity index (χ1) is 9.79. The minimum absolute atomic E-state index is 0.394. The van der Waals surface area contributed by atoms with E-state index in [-0.39, 0.29) is 0 Å². The van der Waals surface area contributed by atoms with Gasteiger partial charge in [0.25, 0.3) is 0 Å². The maximum Gasteiger partial charge on any atom is 0.122 e. The fourth-order valence-corrected chi connectivity index (χ4v) is 3.26. The van der Waals surface area contributed by atoms with Gasteiger partial charge in [0.15, 0.2) is 0 Å². The van der Waals surface area contributed by atoms with Crippen LogP contribution < -0.4 is 15.8 Å². The summed E-state index contributed by atoms with van der Waals surface area (Å²) in [5, 5.41) is 3.65. The van der Waals surface area contributed by atoms with Crippen molar-refractivity contribution >= 4 is 11.4 Å². The maximum atomic E-state index is 5.86. The molecule has 1 aliphatic heterocycles. The summed E-state index contributed by atoms with van der Waals surface area (Å²) in [6, 6.07) is 13.1. The molecule has 0 amide bonds. The van der Waals surface area contributed by atoms with Gasteiger partial charge in [-0.15, -0.1) is 0 Å². The van der Waals surface area contributed by atoms with Crippen LogP contribution in [0.4, 0.5) is 11.4 Å². The summed E-state index contributed by atoms with van der Waals surface area (Å²) >= 11 is 0. The molecule has 0 aromatic heterocycles. The Morgan fingerprint density at radius 1 is 1.05 bits per heavy atom. The number of ether oxygens (including phenoxy) is 1. The minimum Gasteiger partial charge on any atom is -0.493 e. The lowest BCUT2D eigenvalue weighted by atomic mass is 10.1. The van der Waals surface area contributed by atoms with Crippen molar-refractivity contribution in [2.75, 3.05) is 17.7 Å². The van der Waals surface area contributed by atoms with E-state index < -0.39 is 0 Å². The lowest BCUT2D eigenvalue weighted by Gasteiger charge is -2.16. The molecule has 2 aliphatic rings. The number of rotatable bonds is 2. The number of anilines is 2. The first-order valence-electron chi connectivity index (χ1n) is 7.20. The van der Waals surface area contributed by atoms with Crippen molar-refractivity contribution in [1.82, 2.24) is 0 Å². The van der Waals surface area contributed by atoms with Crippen LogP contribution in [0.5, 0.6) is 5.75 Å². The highest BCUT2D eigenvalue weighted by atomic mass is 16.5. The molecule has 3 heteroatoms. The average molecular weight is 266 g/mol. The zero-order valence-electron chi connectivity index (χ0n) is 11.4. The normalized spacial score (nSPS) is 19.3. The predicted molar refractivity (Wildman–Crippen MR) is 81.2 cm³/mol. The van der Waals surface area contributed by atoms with Crippen molar-refractivity contribution < 1.29 is 4.74 Å². The van der Waals surface area contributed by atoms with Crippen molar-refractivity contribution in [1.29, 1.82) is 0 Å². The van der Waals surface area contributed by atoms with Crippen LogP contribution in [-0.2, 0) is 12.8 Å². The summed E-state index contributed by atoms with van der Waals surface area (Å²) < 4.78 is 5.55. The zero-order chi connectivity index (χ0) is 13.5. The highest BCUT2D eigenvalue weighted by Gasteiger charge is 2.22. The molecule has 2 aromatic rings. The molecule has 102 valence electrons. The predicted octanol–water partition coefficient (Wildman–Crippen LogP) is 3.30. The van der Waals surface area contributed by atoms with Crippen LogP contribution in [0, 0.1) is 0 Å². The molecule has 20 heavy (non-hydrogen) atoms. The van der Waals surface area contributed by atoms with E-state index in [4.69, 9.17) is 10.5 Å². The van der Waals surface area contributed by atoms with Gasteiger partial charge >= 0.3 is 0 Å². The number of hydrogen-bond donors (Lipinski definition) is 2. The molecule has 0 saturated carbocycles. The third-order valence-electron chi connectivity index (χ3n) is 4.28. The van der Waals surface area contributed by atoms with Crippen molar-refractivity contribution in [3.05, 3.63) is 53.1 Å². The topological polar surface area (TPSA) is 47.3 Å². The summed E-state index contributed by atoms with van der Waals surface area (Å²) in [4.78, 5) is 0. The van der Waals surface area contributed by atoms with Gasteiger partial charge in [0.2, 0.25) is 0 Å². The molecular formula is C17H18N2O. The van der Waals surface area contributed by atoms with Crippen LogP contribution in [0.2, 0.25) is 0 Å². The van der Waals surface area contributed by atoms with Gasteiger partial charge in [-0.25, -0.2) is 0 Å². The van der Waals surface area contributed by atoms with Crippen LogP contribution >= 0.6 is 0 Å². The number of nitrogens with one attached hydrogen (secondary N) is 1. The minimum atomic E-state index is 0.394. The number of benzene rings is 2. The summed E-state index contributed by atoms with van der Waals surface area (Å²) in [5.74, 6) is 1.04. The summed E-state index contributed by atoms with van der Waals surface area (Å²) in [7, 11) is 0. The second kappa shape index (κ2) is 4.44. The van der Waals surface area contributed by atoms with E-state index in [1.54, 1.807) is 0 Å². The largest absolute Gasteiger partial charge is 0.493 e. The van der Waals surface area contributed by atoms with Crippen LogP contribution in [0.15, 0.2) is 36.4 Å². The molecule has 2 aromatic carbocycles. The van der Waals surface area contributed by atoms with Crippen molar-refractivity contribution in [3.8, 4) is 5.75 Å². The van der Waals surface area contributed by atoms with Gasteiger partial charge in [0, 0.05) is 17.8 Å². The first-order valence-corrected chi connectivity index (χ1v) is 7.20. The Morgan fingerprint density at radius 2 is 2.00 bits per heavy atom. The van der Waals surface area contributed by atoms with E-state index in [1.165, 1.54) is 22.4 Å². The molecule has 1 atom stereocenters. The van der Waals surface area contributed by atoms with E-state index in [0.29, 0.717) is 6.04 Å². The fourth-order valence-electron chi connectivity index (χ4n) is 3.26. The van der Waals surface area contributed by atoms with E-state index >= 15 is 0 Å². The van der Waals surface area contributed by atoms with Crippen LogP contribution in [0.1, 0.15) is 29.2 Å². The lowest BCUT2D eigenvalue weighted by Crippen LogP contribution is -2.07. The maximum absolute atomic E-state index is 5.86. The summed E-state index contributed by atoms with van der Waals surface area (Å²) in [6.45, 7) is 0.810. The molecule has 0 fully saturated rings.